The number of carbonyl (C=O) groups is 2. The van der Waals surface area contributed by atoms with Crippen molar-refractivity contribution in [1.29, 1.82) is 0 Å². The molecule has 2 aliphatic heterocycles. The number of nitrogens with zero attached hydrogens (tertiary/aromatic N) is 4. The van der Waals surface area contributed by atoms with E-state index in [0.717, 1.165) is 0 Å². The molecule has 0 bridgehead atoms. The Morgan fingerprint density at radius 3 is 2.27 bits per heavy atom. The minimum Gasteiger partial charge on any atom is -0.334 e. The van der Waals surface area contributed by atoms with Crippen molar-refractivity contribution in [3.05, 3.63) is 12.5 Å². The molecular formula is C13H18N4O4S. The van der Waals surface area contributed by atoms with Crippen LogP contribution >= 0.6 is 0 Å². The SMILES string of the molecule is CC(C)n1cnc(S(=O)(=O)N2CC(N3C(=O)CCC3=O)C2)c1. The van der Waals surface area contributed by atoms with E-state index in [2.05, 4.69) is 4.98 Å². The summed E-state index contributed by atoms with van der Waals surface area (Å²) < 4.78 is 27.8. The standard InChI is InChI=1S/C13H18N4O4S/c1-9(2)15-7-11(14-8-15)22(20,21)16-5-10(6-16)17-12(18)3-4-13(17)19/h7-10H,3-6H2,1-2H3. The second-order valence-corrected chi connectivity index (χ2v) is 7.77. The molecule has 3 heterocycles. The van der Waals surface area contributed by atoms with Crippen LogP contribution in [0.1, 0.15) is 32.7 Å². The zero-order chi connectivity index (χ0) is 16.1. The molecule has 0 radical (unpaired) electrons. The molecule has 0 aliphatic carbocycles. The van der Waals surface area contributed by atoms with Crippen molar-refractivity contribution in [2.24, 2.45) is 0 Å². The van der Waals surface area contributed by atoms with Gasteiger partial charge in [0.2, 0.25) is 11.8 Å². The van der Waals surface area contributed by atoms with Gasteiger partial charge in [0.1, 0.15) is 0 Å². The summed E-state index contributed by atoms with van der Waals surface area (Å²) in [6.07, 6.45) is 3.43. The van der Waals surface area contributed by atoms with E-state index in [1.54, 1.807) is 4.57 Å². The van der Waals surface area contributed by atoms with Gasteiger partial charge in [-0.2, -0.15) is 4.31 Å². The molecular weight excluding hydrogens is 308 g/mol. The molecule has 0 unspecified atom stereocenters. The summed E-state index contributed by atoms with van der Waals surface area (Å²) in [5.41, 5.74) is 0. The van der Waals surface area contributed by atoms with Gasteiger partial charge in [-0.25, -0.2) is 13.4 Å². The van der Waals surface area contributed by atoms with Crippen molar-refractivity contribution < 1.29 is 18.0 Å². The summed E-state index contributed by atoms with van der Waals surface area (Å²) in [6.45, 7) is 4.16. The van der Waals surface area contributed by atoms with E-state index in [1.165, 1.54) is 21.7 Å². The van der Waals surface area contributed by atoms with Gasteiger partial charge >= 0.3 is 0 Å². The van der Waals surface area contributed by atoms with Crippen LogP contribution in [-0.2, 0) is 19.6 Å². The predicted octanol–water partition coefficient (Wildman–Crippen LogP) is -0.0141. The van der Waals surface area contributed by atoms with Crippen LogP contribution in [0.15, 0.2) is 17.6 Å². The van der Waals surface area contributed by atoms with Crippen LogP contribution in [0.4, 0.5) is 0 Å². The van der Waals surface area contributed by atoms with Gasteiger partial charge in [0.15, 0.2) is 5.03 Å². The van der Waals surface area contributed by atoms with Gasteiger partial charge in [-0.15, -0.1) is 0 Å². The van der Waals surface area contributed by atoms with Crippen molar-refractivity contribution in [2.45, 2.75) is 43.8 Å². The number of hydrogen-bond donors (Lipinski definition) is 0. The van der Waals surface area contributed by atoms with Crippen LogP contribution < -0.4 is 0 Å². The largest absolute Gasteiger partial charge is 0.334 e. The monoisotopic (exact) mass is 326 g/mol. The number of rotatable bonds is 4. The average molecular weight is 326 g/mol. The first-order chi connectivity index (χ1) is 10.3. The Morgan fingerprint density at radius 2 is 1.77 bits per heavy atom. The quantitative estimate of drug-likeness (QED) is 0.725. The zero-order valence-electron chi connectivity index (χ0n) is 12.5. The summed E-state index contributed by atoms with van der Waals surface area (Å²) in [4.78, 5) is 28.4. The van der Waals surface area contributed by atoms with Crippen molar-refractivity contribution >= 4 is 21.8 Å². The van der Waals surface area contributed by atoms with Crippen molar-refractivity contribution in [3.8, 4) is 0 Å². The van der Waals surface area contributed by atoms with E-state index in [1.807, 2.05) is 13.8 Å². The lowest BCUT2D eigenvalue weighted by Gasteiger charge is -2.41. The molecule has 0 N–H and O–H groups in total. The highest BCUT2D eigenvalue weighted by molar-refractivity contribution is 7.89. The normalized spacial score (nSPS) is 21.0. The van der Waals surface area contributed by atoms with Crippen molar-refractivity contribution in [3.63, 3.8) is 0 Å². The van der Waals surface area contributed by atoms with Crippen LogP contribution in [0.2, 0.25) is 0 Å². The van der Waals surface area contributed by atoms with E-state index < -0.39 is 10.0 Å². The van der Waals surface area contributed by atoms with Crippen LogP contribution in [0.25, 0.3) is 0 Å². The number of hydrogen-bond acceptors (Lipinski definition) is 5. The highest BCUT2D eigenvalue weighted by Gasteiger charge is 2.45. The van der Waals surface area contributed by atoms with Crippen LogP contribution in [-0.4, -0.2) is 58.1 Å². The van der Waals surface area contributed by atoms with E-state index in [0.29, 0.717) is 0 Å². The lowest BCUT2D eigenvalue weighted by molar-refractivity contribution is -0.143. The molecule has 2 aliphatic rings. The van der Waals surface area contributed by atoms with Crippen LogP contribution in [0.5, 0.6) is 0 Å². The first kappa shape index (κ1) is 15.2. The fourth-order valence-electron chi connectivity index (χ4n) is 2.64. The summed E-state index contributed by atoms with van der Waals surface area (Å²) >= 11 is 0. The summed E-state index contributed by atoms with van der Waals surface area (Å²) in [7, 11) is -3.66. The Kier molecular flexibility index (Phi) is 3.56. The minimum absolute atomic E-state index is 0.00118. The summed E-state index contributed by atoms with van der Waals surface area (Å²) in [6, 6.07) is -0.218. The Labute approximate surface area is 128 Å². The van der Waals surface area contributed by atoms with E-state index in [9.17, 15) is 18.0 Å². The van der Waals surface area contributed by atoms with Crippen molar-refractivity contribution in [1.82, 2.24) is 18.8 Å². The van der Waals surface area contributed by atoms with Gasteiger partial charge in [0.25, 0.3) is 10.0 Å². The second-order valence-electron chi connectivity index (χ2n) is 5.89. The molecule has 0 spiro atoms. The number of imidazole rings is 1. The fourth-order valence-corrected chi connectivity index (χ4v) is 4.08. The van der Waals surface area contributed by atoms with Crippen LogP contribution in [0.3, 0.4) is 0 Å². The first-order valence-corrected chi connectivity index (χ1v) is 8.63. The topological polar surface area (TPSA) is 92.6 Å². The molecule has 3 rings (SSSR count). The number of likely N-dealkylation sites (tertiary alicyclic amines) is 1. The van der Waals surface area contributed by atoms with Gasteiger partial charge in [-0.3, -0.25) is 14.5 Å². The Balaban J connectivity index is 1.71. The molecule has 2 saturated heterocycles. The third-order valence-corrected chi connectivity index (χ3v) is 5.78. The molecule has 120 valence electrons. The van der Waals surface area contributed by atoms with Crippen molar-refractivity contribution in [2.75, 3.05) is 13.1 Å². The van der Waals surface area contributed by atoms with Gasteiger partial charge in [-0.05, 0) is 13.8 Å². The second kappa shape index (κ2) is 5.17. The Hall–Kier alpha value is -1.74. The molecule has 0 saturated carbocycles. The average Bonchev–Trinajstić information content (AvgIpc) is 2.99. The molecule has 2 fully saturated rings. The maximum absolute atomic E-state index is 12.4. The Morgan fingerprint density at radius 1 is 1.18 bits per heavy atom. The number of sulfonamides is 1. The van der Waals surface area contributed by atoms with E-state index >= 15 is 0 Å². The van der Waals surface area contributed by atoms with Gasteiger partial charge in [0.05, 0.1) is 12.4 Å². The molecule has 2 amide bonds. The third kappa shape index (κ3) is 2.34. The van der Waals surface area contributed by atoms with E-state index in [-0.39, 0.29) is 54.9 Å². The molecule has 1 aromatic rings. The summed E-state index contributed by atoms with van der Waals surface area (Å²) in [5, 5.41) is -0.00118. The first-order valence-electron chi connectivity index (χ1n) is 7.19. The maximum atomic E-state index is 12.4. The van der Waals surface area contributed by atoms with Gasteiger partial charge in [-0.1, -0.05) is 0 Å². The maximum Gasteiger partial charge on any atom is 0.262 e. The van der Waals surface area contributed by atoms with Crippen LogP contribution in [0, 0.1) is 0 Å². The molecule has 1 aromatic heterocycles. The molecule has 22 heavy (non-hydrogen) atoms. The number of carbonyl (C=O) groups excluding carboxylic acids is 2. The van der Waals surface area contributed by atoms with Gasteiger partial charge in [0, 0.05) is 38.2 Å². The molecule has 9 heteroatoms. The zero-order valence-corrected chi connectivity index (χ0v) is 13.3. The molecule has 0 aromatic carbocycles. The molecule has 0 atom stereocenters. The smallest absolute Gasteiger partial charge is 0.262 e. The minimum atomic E-state index is -3.66. The molecule has 8 nitrogen and oxygen atoms in total. The number of amides is 2. The van der Waals surface area contributed by atoms with E-state index in [4.69, 9.17) is 0 Å². The number of aromatic nitrogens is 2. The predicted molar refractivity (Wildman–Crippen MR) is 76.2 cm³/mol. The third-order valence-electron chi connectivity index (χ3n) is 4.06. The lowest BCUT2D eigenvalue weighted by Crippen LogP contribution is -2.62. The Bertz CT molecular complexity index is 702. The highest BCUT2D eigenvalue weighted by Crippen LogP contribution is 2.27. The number of imide groups is 1. The lowest BCUT2D eigenvalue weighted by atomic mass is 10.1. The highest BCUT2D eigenvalue weighted by atomic mass is 32.2. The fraction of sp³-hybridized carbons (Fsp3) is 0.615. The summed E-state index contributed by atoms with van der Waals surface area (Å²) in [5.74, 6) is -0.424. The van der Waals surface area contributed by atoms with Gasteiger partial charge < -0.3 is 4.57 Å².